The third-order valence-corrected chi connectivity index (χ3v) is 5.39. The van der Waals surface area contributed by atoms with Gasteiger partial charge in [-0.3, -0.25) is 19.3 Å². The van der Waals surface area contributed by atoms with Gasteiger partial charge < -0.3 is 15.0 Å². The third-order valence-electron chi connectivity index (χ3n) is 5.39. The Bertz CT molecular complexity index is 1130. The highest BCUT2D eigenvalue weighted by molar-refractivity contribution is 6.14. The largest absolute Gasteiger partial charge is 0.456 e. The van der Waals surface area contributed by atoms with Crippen LogP contribution in [-0.2, 0) is 25.5 Å². The molecule has 0 saturated heterocycles. The number of nitrogens with zero attached hydrogens (tertiary/aromatic N) is 1. The van der Waals surface area contributed by atoms with E-state index in [0.717, 1.165) is 16.5 Å². The van der Waals surface area contributed by atoms with Crippen molar-refractivity contribution in [2.45, 2.75) is 32.2 Å². The molecule has 0 radical (unpaired) electrons. The fourth-order valence-electron chi connectivity index (χ4n) is 3.75. The number of ether oxygens (including phenoxy) is 1. The second kappa shape index (κ2) is 7.67. The van der Waals surface area contributed by atoms with Crippen molar-refractivity contribution in [2.75, 3.05) is 16.8 Å². The molecule has 1 aliphatic rings. The molecule has 30 heavy (non-hydrogen) atoms. The van der Waals surface area contributed by atoms with Gasteiger partial charge in [-0.15, -0.1) is 0 Å². The number of nitrogens with one attached hydrogen (secondary N) is 2. The molecule has 2 heterocycles. The molecule has 0 unspecified atom stereocenters. The van der Waals surface area contributed by atoms with E-state index in [4.69, 9.17) is 4.74 Å². The number of aryl methyl sites for hydroxylation is 1. The first kappa shape index (κ1) is 19.7. The second-order valence-corrected chi connectivity index (χ2v) is 7.78. The van der Waals surface area contributed by atoms with E-state index in [9.17, 15) is 14.4 Å². The highest BCUT2D eigenvalue weighted by atomic mass is 16.5. The summed E-state index contributed by atoms with van der Waals surface area (Å²) in [6.45, 7) is 2.90. The molecular weight excluding hydrogens is 382 g/mol. The summed E-state index contributed by atoms with van der Waals surface area (Å²) in [5.41, 5.74) is 2.08. The van der Waals surface area contributed by atoms with Crippen LogP contribution in [0.15, 0.2) is 54.7 Å². The van der Waals surface area contributed by atoms with Gasteiger partial charge >= 0.3 is 5.97 Å². The Kier molecular flexibility index (Phi) is 5.03. The summed E-state index contributed by atoms with van der Waals surface area (Å²) in [5.74, 6) is -1.19. The van der Waals surface area contributed by atoms with Crippen molar-refractivity contribution in [1.29, 1.82) is 0 Å². The van der Waals surface area contributed by atoms with Gasteiger partial charge in [0.05, 0.1) is 11.4 Å². The number of carbonyl (C=O) groups is 3. The van der Waals surface area contributed by atoms with Crippen LogP contribution in [0.4, 0.5) is 11.4 Å². The summed E-state index contributed by atoms with van der Waals surface area (Å²) in [5, 5.41) is 3.88. The van der Waals surface area contributed by atoms with Crippen molar-refractivity contribution in [2.24, 2.45) is 0 Å². The van der Waals surface area contributed by atoms with Gasteiger partial charge in [0.15, 0.2) is 6.61 Å². The van der Waals surface area contributed by atoms with Gasteiger partial charge in [-0.25, -0.2) is 0 Å². The zero-order valence-corrected chi connectivity index (χ0v) is 16.9. The van der Waals surface area contributed by atoms with Crippen molar-refractivity contribution >= 4 is 40.1 Å². The molecule has 1 aromatic heterocycles. The third kappa shape index (κ3) is 3.54. The standard InChI is InChI=1S/C23H23N3O4/c1-23(2)22(29)25-18-9-5-6-10-19(18)26(23)20(27)14-30-21(28)12-11-15-13-24-17-8-4-3-7-16(15)17/h3-10,13,24H,11-12,14H2,1-2H3,(H,25,29). The summed E-state index contributed by atoms with van der Waals surface area (Å²) < 4.78 is 5.24. The maximum absolute atomic E-state index is 12.9. The maximum atomic E-state index is 12.9. The quantitative estimate of drug-likeness (QED) is 0.637. The average Bonchev–Trinajstić information content (AvgIpc) is 3.14. The van der Waals surface area contributed by atoms with Crippen molar-refractivity contribution in [3.63, 3.8) is 0 Å². The SMILES string of the molecule is CC1(C)C(=O)Nc2ccccc2N1C(=O)COC(=O)CCc1c[nH]c2ccccc12. The van der Waals surface area contributed by atoms with E-state index in [2.05, 4.69) is 10.3 Å². The predicted octanol–water partition coefficient (Wildman–Crippen LogP) is 3.41. The van der Waals surface area contributed by atoms with Crippen LogP contribution in [0.2, 0.25) is 0 Å². The molecule has 0 fully saturated rings. The van der Waals surface area contributed by atoms with E-state index < -0.39 is 24.0 Å². The molecule has 2 amide bonds. The van der Waals surface area contributed by atoms with E-state index in [1.165, 1.54) is 4.90 Å². The Morgan fingerprint density at radius 1 is 1.07 bits per heavy atom. The van der Waals surface area contributed by atoms with Gasteiger partial charge in [-0.2, -0.15) is 0 Å². The van der Waals surface area contributed by atoms with Crippen LogP contribution in [0.5, 0.6) is 0 Å². The fraction of sp³-hybridized carbons (Fsp3) is 0.261. The first-order valence-corrected chi connectivity index (χ1v) is 9.82. The number of rotatable bonds is 5. The molecule has 3 aromatic rings. The molecule has 0 aliphatic carbocycles. The molecular formula is C23H23N3O4. The molecule has 0 atom stereocenters. The number of hydrogen-bond acceptors (Lipinski definition) is 4. The zero-order valence-electron chi connectivity index (χ0n) is 16.9. The number of esters is 1. The molecule has 7 nitrogen and oxygen atoms in total. The molecule has 0 bridgehead atoms. The molecule has 0 saturated carbocycles. The zero-order chi connectivity index (χ0) is 21.3. The Hall–Kier alpha value is -3.61. The van der Waals surface area contributed by atoms with Gasteiger partial charge in [0.1, 0.15) is 5.54 Å². The van der Waals surface area contributed by atoms with E-state index in [0.29, 0.717) is 17.8 Å². The van der Waals surface area contributed by atoms with Crippen LogP contribution >= 0.6 is 0 Å². The lowest BCUT2D eigenvalue weighted by Gasteiger charge is -2.41. The Morgan fingerprint density at radius 2 is 1.80 bits per heavy atom. The van der Waals surface area contributed by atoms with Crippen LogP contribution < -0.4 is 10.2 Å². The van der Waals surface area contributed by atoms with Crippen LogP contribution in [0.3, 0.4) is 0 Å². The minimum atomic E-state index is -1.10. The minimum Gasteiger partial charge on any atom is -0.456 e. The first-order valence-electron chi connectivity index (χ1n) is 9.82. The number of aromatic amines is 1. The number of anilines is 2. The van der Waals surface area contributed by atoms with Crippen molar-refractivity contribution in [3.8, 4) is 0 Å². The van der Waals surface area contributed by atoms with E-state index >= 15 is 0 Å². The number of fused-ring (bicyclic) bond motifs is 2. The Morgan fingerprint density at radius 3 is 2.63 bits per heavy atom. The highest BCUT2D eigenvalue weighted by Gasteiger charge is 2.43. The Labute approximate surface area is 174 Å². The molecule has 154 valence electrons. The number of H-pyrrole nitrogens is 1. The molecule has 4 rings (SSSR count). The smallest absolute Gasteiger partial charge is 0.306 e. The lowest BCUT2D eigenvalue weighted by molar-refractivity contribution is -0.148. The van der Waals surface area contributed by atoms with Crippen LogP contribution in [0.1, 0.15) is 25.8 Å². The molecule has 1 aliphatic heterocycles. The summed E-state index contributed by atoms with van der Waals surface area (Å²) in [6, 6.07) is 14.9. The highest BCUT2D eigenvalue weighted by Crippen LogP contribution is 2.36. The number of aromatic nitrogens is 1. The normalized spacial score (nSPS) is 14.9. The Balaban J connectivity index is 1.40. The minimum absolute atomic E-state index is 0.162. The van der Waals surface area contributed by atoms with E-state index in [-0.39, 0.29) is 12.3 Å². The number of benzene rings is 2. The summed E-state index contributed by atoms with van der Waals surface area (Å²) >= 11 is 0. The van der Waals surface area contributed by atoms with Gasteiger partial charge in [0.2, 0.25) is 5.91 Å². The summed E-state index contributed by atoms with van der Waals surface area (Å²) in [6.07, 6.45) is 2.56. The van der Waals surface area contributed by atoms with Gasteiger partial charge in [0.25, 0.3) is 5.91 Å². The predicted molar refractivity (Wildman–Crippen MR) is 114 cm³/mol. The van der Waals surface area contributed by atoms with Crippen LogP contribution in [-0.4, -0.2) is 34.9 Å². The lowest BCUT2D eigenvalue weighted by atomic mass is 9.96. The van der Waals surface area contributed by atoms with Crippen molar-refractivity contribution < 1.29 is 19.1 Å². The number of hydrogen-bond donors (Lipinski definition) is 2. The van der Waals surface area contributed by atoms with E-state index in [1.54, 1.807) is 38.1 Å². The number of carbonyl (C=O) groups excluding carboxylic acids is 3. The first-order chi connectivity index (χ1) is 14.4. The van der Waals surface area contributed by atoms with Crippen molar-refractivity contribution in [1.82, 2.24) is 4.98 Å². The molecule has 0 spiro atoms. The van der Waals surface area contributed by atoms with Gasteiger partial charge in [-0.05, 0) is 44.0 Å². The maximum Gasteiger partial charge on any atom is 0.306 e. The van der Waals surface area contributed by atoms with Crippen LogP contribution in [0.25, 0.3) is 10.9 Å². The number of para-hydroxylation sites is 3. The summed E-state index contributed by atoms with van der Waals surface area (Å²) in [7, 11) is 0. The number of amides is 2. The second-order valence-electron chi connectivity index (χ2n) is 7.78. The van der Waals surface area contributed by atoms with E-state index in [1.807, 2.05) is 30.5 Å². The van der Waals surface area contributed by atoms with Crippen molar-refractivity contribution in [3.05, 3.63) is 60.3 Å². The van der Waals surface area contributed by atoms with Crippen LogP contribution in [0, 0.1) is 0 Å². The summed E-state index contributed by atoms with van der Waals surface area (Å²) in [4.78, 5) is 42.2. The molecule has 2 N–H and O–H groups in total. The monoisotopic (exact) mass is 405 g/mol. The molecule has 2 aromatic carbocycles. The molecule has 7 heteroatoms. The topological polar surface area (TPSA) is 91.5 Å². The average molecular weight is 405 g/mol. The van der Waals surface area contributed by atoms with Gasteiger partial charge in [0, 0.05) is 23.5 Å². The lowest BCUT2D eigenvalue weighted by Crippen LogP contribution is -2.59. The van der Waals surface area contributed by atoms with Gasteiger partial charge in [-0.1, -0.05) is 30.3 Å². The fourth-order valence-corrected chi connectivity index (χ4v) is 3.75.